The Morgan fingerprint density at radius 1 is 1.26 bits per heavy atom. The number of benzene rings is 1. The van der Waals surface area contributed by atoms with Crippen LogP contribution in [0.15, 0.2) is 30.5 Å². The molecule has 0 saturated heterocycles. The fraction of sp³-hybridized carbons (Fsp3) is 0.167. The van der Waals surface area contributed by atoms with E-state index in [4.69, 9.17) is 14.6 Å². The number of halogens is 1. The minimum absolute atomic E-state index is 0.0254. The molecule has 0 spiro atoms. The molecule has 1 heterocycles. The third-order valence-corrected chi connectivity index (χ3v) is 2.24. The summed E-state index contributed by atoms with van der Waals surface area (Å²) in [6.07, 6.45) is 0.962. The van der Waals surface area contributed by atoms with Gasteiger partial charge in [-0.2, -0.15) is 4.98 Å². The Bertz CT molecular complexity index is 548. The van der Waals surface area contributed by atoms with Crippen LogP contribution in [-0.4, -0.2) is 28.9 Å². The van der Waals surface area contributed by atoms with Gasteiger partial charge in [0, 0.05) is 0 Å². The quantitative estimate of drug-likeness (QED) is 0.802. The molecule has 19 heavy (non-hydrogen) atoms. The van der Waals surface area contributed by atoms with Gasteiger partial charge < -0.3 is 19.9 Å². The van der Waals surface area contributed by atoms with Gasteiger partial charge in [0.15, 0.2) is 11.6 Å². The number of anilines is 1. The molecule has 0 amide bonds. The van der Waals surface area contributed by atoms with Crippen molar-refractivity contribution in [2.75, 3.05) is 19.2 Å². The van der Waals surface area contributed by atoms with E-state index < -0.39 is 12.5 Å². The summed E-state index contributed by atoms with van der Waals surface area (Å²) in [5.74, 6) is 0.384. The second-order valence-corrected chi connectivity index (χ2v) is 3.46. The van der Waals surface area contributed by atoms with Crippen LogP contribution in [-0.2, 0) is 0 Å². The molecule has 0 aliphatic carbocycles. The van der Waals surface area contributed by atoms with Crippen LogP contribution >= 0.6 is 0 Å². The zero-order chi connectivity index (χ0) is 13.7. The monoisotopic (exact) mass is 265 g/mol. The van der Waals surface area contributed by atoms with Crippen LogP contribution < -0.4 is 14.8 Å². The molecule has 0 aliphatic rings. The lowest BCUT2D eigenvalue weighted by atomic mass is 10.3. The summed E-state index contributed by atoms with van der Waals surface area (Å²) >= 11 is 0. The van der Waals surface area contributed by atoms with Crippen molar-refractivity contribution in [3.05, 3.63) is 36.3 Å². The molecule has 2 aromatic rings. The summed E-state index contributed by atoms with van der Waals surface area (Å²) in [5, 5.41) is 11.0. The van der Waals surface area contributed by atoms with Crippen molar-refractivity contribution in [2.24, 2.45) is 0 Å². The Morgan fingerprint density at radius 3 is 2.58 bits per heavy atom. The standard InChI is InChI=1S/C12H12FN3O3/c1-18-8-2-4-9(5-3-8)19-12-14-6-10(13)11(16-12)15-7-17/h2-6,17H,7H2,1H3,(H,14,15,16). The van der Waals surface area contributed by atoms with E-state index in [1.807, 2.05) is 0 Å². The molecule has 0 fully saturated rings. The second kappa shape index (κ2) is 5.96. The van der Waals surface area contributed by atoms with Gasteiger partial charge >= 0.3 is 6.01 Å². The highest BCUT2D eigenvalue weighted by atomic mass is 19.1. The van der Waals surface area contributed by atoms with E-state index in [-0.39, 0.29) is 11.8 Å². The summed E-state index contributed by atoms with van der Waals surface area (Å²) < 4.78 is 23.6. The number of rotatable bonds is 5. The molecule has 0 atom stereocenters. The topological polar surface area (TPSA) is 76.5 Å². The zero-order valence-corrected chi connectivity index (χ0v) is 10.1. The molecular formula is C12H12FN3O3. The molecule has 1 aromatic carbocycles. The lowest BCUT2D eigenvalue weighted by Crippen LogP contribution is -2.06. The van der Waals surface area contributed by atoms with Crippen LogP contribution in [0.4, 0.5) is 10.2 Å². The summed E-state index contributed by atoms with van der Waals surface area (Å²) in [6, 6.07) is 6.75. The van der Waals surface area contributed by atoms with Gasteiger partial charge in [-0.05, 0) is 24.3 Å². The van der Waals surface area contributed by atoms with Crippen molar-refractivity contribution in [2.45, 2.75) is 0 Å². The normalized spacial score (nSPS) is 10.1. The van der Waals surface area contributed by atoms with E-state index >= 15 is 0 Å². The lowest BCUT2D eigenvalue weighted by molar-refractivity contribution is 0.323. The van der Waals surface area contributed by atoms with Crippen molar-refractivity contribution in [3.8, 4) is 17.5 Å². The van der Waals surface area contributed by atoms with E-state index in [2.05, 4.69) is 15.3 Å². The molecule has 0 unspecified atom stereocenters. The maximum absolute atomic E-state index is 13.2. The van der Waals surface area contributed by atoms with Crippen molar-refractivity contribution < 1.29 is 19.0 Å². The fourth-order valence-electron chi connectivity index (χ4n) is 1.35. The zero-order valence-electron chi connectivity index (χ0n) is 10.1. The Balaban J connectivity index is 2.15. The molecule has 100 valence electrons. The Kier molecular flexibility index (Phi) is 4.09. The average Bonchev–Trinajstić information content (AvgIpc) is 2.44. The van der Waals surface area contributed by atoms with E-state index in [0.717, 1.165) is 6.20 Å². The van der Waals surface area contributed by atoms with Crippen molar-refractivity contribution in [1.29, 1.82) is 0 Å². The van der Waals surface area contributed by atoms with Crippen LogP contribution in [0.5, 0.6) is 17.5 Å². The van der Waals surface area contributed by atoms with E-state index in [9.17, 15) is 4.39 Å². The van der Waals surface area contributed by atoms with Gasteiger partial charge in [-0.15, -0.1) is 0 Å². The van der Waals surface area contributed by atoms with Gasteiger partial charge in [0.05, 0.1) is 13.3 Å². The highest BCUT2D eigenvalue weighted by Gasteiger charge is 2.08. The SMILES string of the molecule is COc1ccc(Oc2ncc(F)c(NCO)n2)cc1. The number of hydrogen-bond acceptors (Lipinski definition) is 6. The number of aromatic nitrogens is 2. The van der Waals surface area contributed by atoms with Crippen LogP contribution in [0.1, 0.15) is 0 Å². The van der Waals surface area contributed by atoms with Crippen LogP contribution in [0, 0.1) is 5.82 Å². The number of aliphatic hydroxyl groups excluding tert-OH is 1. The number of ether oxygens (including phenoxy) is 2. The predicted molar refractivity (Wildman–Crippen MR) is 65.8 cm³/mol. The van der Waals surface area contributed by atoms with Crippen LogP contribution in [0.25, 0.3) is 0 Å². The maximum Gasteiger partial charge on any atom is 0.324 e. The first-order valence-corrected chi connectivity index (χ1v) is 5.42. The van der Waals surface area contributed by atoms with E-state index in [0.29, 0.717) is 11.5 Å². The smallest absolute Gasteiger partial charge is 0.324 e. The first kappa shape index (κ1) is 13.0. The second-order valence-electron chi connectivity index (χ2n) is 3.46. The highest BCUT2D eigenvalue weighted by molar-refractivity contribution is 5.37. The number of nitrogens with one attached hydrogen (secondary N) is 1. The first-order valence-electron chi connectivity index (χ1n) is 5.42. The van der Waals surface area contributed by atoms with Crippen molar-refractivity contribution in [3.63, 3.8) is 0 Å². The summed E-state index contributed by atoms with van der Waals surface area (Å²) in [5.41, 5.74) is 0. The van der Waals surface area contributed by atoms with Gasteiger partial charge in [0.25, 0.3) is 0 Å². The minimum atomic E-state index is -0.670. The average molecular weight is 265 g/mol. The Labute approximate surface area is 108 Å². The molecule has 0 bridgehead atoms. The Morgan fingerprint density at radius 2 is 1.95 bits per heavy atom. The van der Waals surface area contributed by atoms with Gasteiger partial charge in [-0.3, -0.25) is 0 Å². The predicted octanol–water partition coefficient (Wildman–Crippen LogP) is 1.78. The molecule has 0 radical (unpaired) electrons. The number of hydrogen-bond donors (Lipinski definition) is 2. The molecule has 2 rings (SSSR count). The third-order valence-electron chi connectivity index (χ3n) is 2.24. The first-order chi connectivity index (χ1) is 9.22. The highest BCUT2D eigenvalue weighted by Crippen LogP contribution is 2.22. The van der Waals surface area contributed by atoms with Crippen LogP contribution in [0.3, 0.4) is 0 Å². The number of aliphatic hydroxyl groups is 1. The molecule has 1 aromatic heterocycles. The van der Waals surface area contributed by atoms with Gasteiger partial charge in [-0.25, -0.2) is 9.37 Å². The molecule has 7 heteroatoms. The van der Waals surface area contributed by atoms with Gasteiger partial charge in [0.1, 0.15) is 18.2 Å². The van der Waals surface area contributed by atoms with E-state index in [1.54, 1.807) is 31.4 Å². The van der Waals surface area contributed by atoms with E-state index in [1.165, 1.54) is 0 Å². The summed E-state index contributed by atoms with van der Waals surface area (Å²) in [6.45, 7) is -0.435. The van der Waals surface area contributed by atoms with Crippen LogP contribution in [0.2, 0.25) is 0 Å². The molecule has 0 saturated carbocycles. The van der Waals surface area contributed by atoms with Crippen molar-refractivity contribution >= 4 is 5.82 Å². The molecule has 6 nitrogen and oxygen atoms in total. The van der Waals surface area contributed by atoms with Crippen molar-refractivity contribution in [1.82, 2.24) is 9.97 Å². The fourth-order valence-corrected chi connectivity index (χ4v) is 1.35. The summed E-state index contributed by atoms with van der Waals surface area (Å²) in [4.78, 5) is 7.49. The largest absolute Gasteiger partial charge is 0.497 e. The van der Waals surface area contributed by atoms with Gasteiger partial charge in [-0.1, -0.05) is 0 Å². The maximum atomic E-state index is 13.2. The minimum Gasteiger partial charge on any atom is -0.497 e. The lowest BCUT2D eigenvalue weighted by Gasteiger charge is -2.07. The molecular weight excluding hydrogens is 253 g/mol. The van der Waals surface area contributed by atoms with Gasteiger partial charge in [0.2, 0.25) is 0 Å². The summed E-state index contributed by atoms with van der Waals surface area (Å²) in [7, 11) is 1.56. The Hall–Kier alpha value is -2.41. The number of methoxy groups -OCH3 is 1. The number of nitrogens with zero attached hydrogens (tertiary/aromatic N) is 2. The third kappa shape index (κ3) is 3.29. The molecule has 0 aliphatic heterocycles. The molecule has 2 N–H and O–H groups in total.